The lowest BCUT2D eigenvalue weighted by molar-refractivity contribution is 0.104. The number of unbranched alkanes of at least 4 members (excludes halogenated alkanes) is 1. The van der Waals surface area contributed by atoms with Crippen molar-refractivity contribution in [3.8, 4) is 0 Å². The van der Waals surface area contributed by atoms with Crippen molar-refractivity contribution in [3.05, 3.63) is 0 Å². The molecule has 0 aromatic rings. The first-order valence-electron chi connectivity index (χ1n) is 4.51. The molecule has 0 fully saturated rings. The maximum atomic E-state index is 9.55. The molecule has 0 spiro atoms. The summed E-state index contributed by atoms with van der Waals surface area (Å²) in [6.45, 7) is 4.24. The van der Waals surface area contributed by atoms with Crippen molar-refractivity contribution in [2.45, 2.75) is 45.6 Å². The second kappa shape index (κ2) is 6.99. The second-order valence-corrected chi connectivity index (χ2v) is 3.65. The number of aliphatic hydroxyl groups excluding tert-OH is 1. The van der Waals surface area contributed by atoms with E-state index in [0.29, 0.717) is 5.92 Å². The molecule has 0 aliphatic rings. The number of hydrogen-bond acceptors (Lipinski definition) is 2. The van der Waals surface area contributed by atoms with Crippen LogP contribution in [0.2, 0.25) is 0 Å². The number of rotatable bonds is 6. The zero-order valence-electron chi connectivity index (χ0n) is 7.58. The molecule has 11 heavy (non-hydrogen) atoms. The van der Waals surface area contributed by atoms with Gasteiger partial charge in [-0.3, -0.25) is 0 Å². The van der Waals surface area contributed by atoms with Crippen LogP contribution in [0.15, 0.2) is 0 Å². The second-order valence-electron chi connectivity index (χ2n) is 3.20. The SMILES string of the molecule is CCCC[C@H](O)[C@H](C)CCS. The highest BCUT2D eigenvalue weighted by molar-refractivity contribution is 7.80. The number of aliphatic hydroxyl groups is 1. The zero-order valence-corrected chi connectivity index (χ0v) is 8.48. The minimum atomic E-state index is -0.109. The predicted molar refractivity (Wildman–Crippen MR) is 53.2 cm³/mol. The summed E-state index contributed by atoms with van der Waals surface area (Å²) >= 11 is 4.13. The zero-order chi connectivity index (χ0) is 8.69. The van der Waals surface area contributed by atoms with Gasteiger partial charge in [0, 0.05) is 0 Å². The lowest BCUT2D eigenvalue weighted by Crippen LogP contribution is -2.17. The van der Waals surface area contributed by atoms with E-state index in [9.17, 15) is 5.11 Å². The molecule has 0 aromatic heterocycles. The summed E-state index contributed by atoms with van der Waals surface area (Å²) < 4.78 is 0. The van der Waals surface area contributed by atoms with Crippen molar-refractivity contribution in [1.29, 1.82) is 0 Å². The maximum absolute atomic E-state index is 9.55. The van der Waals surface area contributed by atoms with Gasteiger partial charge < -0.3 is 5.11 Å². The van der Waals surface area contributed by atoms with Crippen LogP contribution in [0.25, 0.3) is 0 Å². The molecule has 0 radical (unpaired) electrons. The largest absolute Gasteiger partial charge is 0.393 e. The summed E-state index contributed by atoms with van der Waals surface area (Å²) in [5.41, 5.74) is 0. The Bertz CT molecular complexity index is 85.6. The van der Waals surface area contributed by atoms with Crippen molar-refractivity contribution in [1.82, 2.24) is 0 Å². The average molecular weight is 176 g/mol. The molecule has 1 N–H and O–H groups in total. The van der Waals surface area contributed by atoms with Crippen molar-refractivity contribution >= 4 is 12.6 Å². The van der Waals surface area contributed by atoms with Gasteiger partial charge in [0.1, 0.15) is 0 Å². The van der Waals surface area contributed by atoms with E-state index < -0.39 is 0 Å². The molecule has 0 bridgehead atoms. The molecular weight excluding hydrogens is 156 g/mol. The van der Waals surface area contributed by atoms with Crippen LogP contribution in [0.1, 0.15) is 39.5 Å². The van der Waals surface area contributed by atoms with Crippen molar-refractivity contribution in [3.63, 3.8) is 0 Å². The Kier molecular flexibility index (Phi) is 7.18. The summed E-state index contributed by atoms with van der Waals surface area (Å²) in [6, 6.07) is 0. The molecule has 2 heteroatoms. The van der Waals surface area contributed by atoms with Crippen LogP contribution in [-0.4, -0.2) is 17.0 Å². The first kappa shape index (κ1) is 11.3. The van der Waals surface area contributed by atoms with Gasteiger partial charge in [0.05, 0.1) is 6.10 Å². The molecule has 0 rings (SSSR count). The van der Waals surface area contributed by atoms with Gasteiger partial charge in [0.2, 0.25) is 0 Å². The van der Waals surface area contributed by atoms with Gasteiger partial charge in [-0.05, 0) is 24.5 Å². The Labute approximate surface area is 75.6 Å². The average Bonchev–Trinajstić information content (AvgIpc) is 2.00. The Morgan fingerprint density at radius 1 is 1.36 bits per heavy atom. The third kappa shape index (κ3) is 5.57. The van der Waals surface area contributed by atoms with Gasteiger partial charge in [-0.25, -0.2) is 0 Å². The van der Waals surface area contributed by atoms with Crippen LogP contribution in [0.5, 0.6) is 0 Å². The van der Waals surface area contributed by atoms with Crippen molar-refractivity contribution in [2.75, 3.05) is 5.75 Å². The van der Waals surface area contributed by atoms with Crippen molar-refractivity contribution in [2.24, 2.45) is 5.92 Å². The maximum Gasteiger partial charge on any atom is 0.0566 e. The number of hydrogen-bond donors (Lipinski definition) is 2. The summed E-state index contributed by atoms with van der Waals surface area (Å²) in [6.07, 6.45) is 4.17. The van der Waals surface area contributed by atoms with E-state index in [4.69, 9.17) is 0 Å². The Morgan fingerprint density at radius 2 is 2.00 bits per heavy atom. The fraction of sp³-hybridized carbons (Fsp3) is 1.00. The highest BCUT2D eigenvalue weighted by Gasteiger charge is 2.11. The van der Waals surface area contributed by atoms with Gasteiger partial charge in [0.15, 0.2) is 0 Å². The van der Waals surface area contributed by atoms with Crippen LogP contribution in [0.3, 0.4) is 0 Å². The van der Waals surface area contributed by atoms with Crippen LogP contribution in [0, 0.1) is 5.92 Å². The summed E-state index contributed by atoms with van der Waals surface area (Å²) in [4.78, 5) is 0. The molecule has 0 amide bonds. The Hall–Kier alpha value is 0.310. The molecule has 0 heterocycles. The fourth-order valence-corrected chi connectivity index (χ4v) is 1.50. The minimum Gasteiger partial charge on any atom is -0.393 e. The molecule has 0 saturated carbocycles. The van der Waals surface area contributed by atoms with E-state index in [0.717, 1.165) is 25.0 Å². The highest BCUT2D eigenvalue weighted by atomic mass is 32.1. The fourth-order valence-electron chi connectivity index (χ4n) is 1.09. The van der Waals surface area contributed by atoms with Crippen LogP contribution >= 0.6 is 12.6 Å². The molecule has 68 valence electrons. The minimum absolute atomic E-state index is 0.109. The summed E-state index contributed by atoms with van der Waals surface area (Å²) in [7, 11) is 0. The normalized spacial score (nSPS) is 16.4. The lowest BCUT2D eigenvalue weighted by atomic mass is 9.97. The lowest BCUT2D eigenvalue weighted by Gasteiger charge is -2.17. The monoisotopic (exact) mass is 176 g/mol. The molecule has 2 atom stereocenters. The quantitative estimate of drug-likeness (QED) is 0.596. The summed E-state index contributed by atoms with van der Waals surface area (Å²) in [5.74, 6) is 1.30. The first-order chi connectivity index (χ1) is 5.22. The molecule has 1 nitrogen and oxygen atoms in total. The van der Waals surface area contributed by atoms with Gasteiger partial charge in [-0.2, -0.15) is 12.6 Å². The van der Waals surface area contributed by atoms with E-state index in [1.807, 2.05) is 0 Å². The van der Waals surface area contributed by atoms with E-state index in [-0.39, 0.29) is 6.10 Å². The van der Waals surface area contributed by atoms with E-state index in [1.54, 1.807) is 0 Å². The summed E-state index contributed by atoms with van der Waals surface area (Å²) in [5, 5.41) is 9.55. The van der Waals surface area contributed by atoms with E-state index in [2.05, 4.69) is 26.5 Å². The standard InChI is InChI=1S/C9H20OS/c1-3-4-5-9(10)8(2)6-7-11/h8-11H,3-7H2,1-2H3/t8-,9+/m1/s1. The topological polar surface area (TPSA) is 20.2 Å². The van der Waals surface area contributed by atoms with Gasteiger partial charge in [-0.1, -0.05) is 26.7 Å². The molecule has 0 aliphatic heterocycles. The molecule has 0 unspecified atom stereocenters. The van der Waals surface area contributed by atoms with Crippen LogP contribution in [-0.2, 0) is 0 Å². The Balaban J connectivity index is 3.38. The third-order valence-corrected chi connectivity index (χ3v) is 2.35. The first-order valence-corrected chi connectivity index (χ1v) is 5.14. The van der Waals surface area contributed by atoms with Gasteiger partial charge >= 0.3 is 0 Å². The van der Waals surface area contributed by atoms with Gasteiger partial charge in [-0.15, -0.1) is 0 Å². The Morgan fingerprint density at radius 3 is 2.45 bits per heavy atom. The molecule has 0 aliphatic carbocycles. The van der Waals surface area contributed by atoms with E-state index >= 15 is 0 Å². The third-order valence-electron chi connectivity index (χ3n) is 2.09. The molecule has 0 aromatic carbocycles. The van der Waals surface area contributed by atoms with Crippen molar-refractivity contribution < 1.29 is 5.11 Å². The predicted octanol–water partition coefficient (Wildman–Crippen LogP) is 2.49. The highest BCUT2D eigenvalue weighted by Crippen LogP contribution is 2.14. The molecular formula is C9H20OS. The van der Waals surface area contributed by atoms with Crippen LogP contribution in [0.4, 0.5) is 0 Å². The smallest absolute Gasteiger partial charge is 0.0566 e. The van der Waals surface area contributed by atoms with Gasteiger partial charge in [0.25, 0.3) is 0 Å². The van der Waals surface area contributed by atoms with E-state index in [1.165, 1.54) is 6.42 Å². The molecule has 0 saturated heterocycles. The van der Waals surface area contributed by atoms with Crippen LogP contribution < -0.4 is 0 Å². The number of thiol groups is 1.